The smallest absolute Gasteiger partial charge is 0.231 e. The van der Waals surface area contributed by atoms with Crippen LogP contribution < -0.4 is 5.73 Å². The van der Waals surface area contributed by atoms with Gasteiger partial charge in [0.2, 0.25) is 11.7 Å². The lowest BCUT2D eigenvalue weighted by Crippen LogP contribution is -2.05. The minimum Gasteiger partial charge on any atom is -0.399 e. The van der Waals surface area contributed by atoms with E-state index < -0.39 is 0 Å². The summed E-state index contributed by atoms with van der Waals surface area (Å²) in [6.07, 6.45) is 2.96. The summed E-state index contributed by atoms with van der Waals surface area (Å²) in [6, 6.07) is 7.67. The molecule has 5 nitrogen and oxygen atoms in total. The fourth-order valence-electron chi connectivity index (χ4n) is 2.17. The number of ether oxygens (including phenoxy) is 1. The van der Waals surface area contributed by atoms with Gasteiger partial charge in [0.1, 0.15) is 6.10 Å². The van der Waals surface area contributed by atoms with Crippen LogP contribution in [0.5, 0.6) is 0 Å². The Morgan fingerprint density at radius 3 is 2.74 bits per heavy atom. The van der Waals surface area contributed by atoms with Gasteiger partial charge in [0.25, 0.3) is 0 Å². The van der Waals surface area contributed by atoms with Gasteiger partial charge in [-0.25, -0.2) is 0 Å². The fourth-order valence-corrected chi connectivity index (χ4v) is 2.17. The van der Waals surface area contributed by atoms with Crippen LogP contribution in [0.25, 0.3) is 0 Å². The largest absolute Gasteiger partial charge is 0.399 e. The number of methoxy groups -OCH3 is 1. The average molecular weight is 259 g/mol. The Labute approximate surface area is 111 Å². The van der Waals surface area contributed by atoms with Gasteiger partial charge in [0, 0.05) is 12.8 Å². The minimum absolute atomic E-state index is 0.0242. The second-order valence-corrected chi connectivity index (χ2v) is 4.96. The van der Waals surface area contributed by atoms with Crippen LogP contribution in [0.4, 0.5) is 5.69 Å². The normalized spacial score (nSPS) is 16.5. The van der Waals surface area contributed by atoms with Gasteiger partial charge in [-0.1, -0.05) is 17.3 Å². The predicted octanol–water partition coefficient (Wildman–Crippen LogP) is 2.34. The summed E-state index contributed by atoms with van der Waals surface area (Å²) in [7, 11) is 1.69. The van der Waals surface area contributed by atoms with Crippen LogP contribution in [-0.4, -0.2) is 17.3 Å². The van der Waals surface area contributed by atoms with E-state index in [2.05, 4.69) is 10.1 Å². The predicted molar refractivity (Wildman–Crippen MR) is 70.4 cm³/mol. The number of anilines is 1. The van der Waals surface area contributed by atoms with Crippen molar-refractivity contribution in [1.29, 1.82) is 0 Å². The van der Waals surface area contributed by atoms with E-state index in [1.165, 1.54) is 12.8 Å². The Morgan fingerprint density at radius 2 is 2.11 bits per heavy atom. The Hall–Kier alpha value is -1.88. The molecule has 1 aliphatic rings. The van der Waals surface area contributed by atoms with Gasteiger partial charge in [0.05, 0.1) is 6.42 Å². The highest BCUT2D eigenvalue weighted by Crippen LogP contribution is 2.41. The summed E-state index contributed by atoms with van der Waals surface area (Å²) >= 11 is 0. The molecular formula is C14H17N3O2. The van der Waals surface area contributed by atoms with Crippen molar-refractivity contribution in [2.45, 2.75) is 25.4 Å². The van der Waals surface area contributed by atoms with Crippen molar-refractivity contribution < 1.29 is 9.26 Å². The molecule has 1 aliphatic carbocycles. The van der Waals surface area contributed by atoms with Crippen molar-refractivity contribution in [3.63, 3.8) is 0 Å². The number of aromatic nitrogens is 2. The first-order valence-corrected chi connectivity index (χ1v) is 6.46. The zero-order chi connectivity index (χ0) is 13.2. The van der Waals surface area contributed by atoms with Gasteiger partial charge in [-0.3, -0.25) is 0 Å². The maximum Gasteiger partial charge on any atom is 0.231 e. The van der Waals surface area contributed by atoms with Crippen LogP contribution >= 0.6 is 0 Å². The lowest BCUT2D eigenvalue weighted by atomic mass is 10.1. The molecule has 0 saturated heterocycles. The van der Waals surface area contributed by atoms with E-state index in [-0.39, 0.29) is 6.10 Å². The Balaban J connectivity index is 1.72. The number of rotatable bonds is 5. The summed E-state index contributed by atoms with van der Waals surface area (Å²) in [5.74, 6) is 1.82. The van der Waals surface area contributed by atoms with Crippen molar-refractivity contribution in [1.82, 2.24) is 10.1 Å². The Morgan fingerprint density at radius 1 is 1.37 bits per heavy atom. The topological polar surface area (TPSA) is 74.2 Å². The van der Waals surface area contributed by atoms with Gasteiger partial charge in [-0.15, -0.1) is 0 Å². The van der Waals surface area contributed by atoms with Crippen molar-refractivity contribution in [3.05, 3.63) is 41.5 Å². The van der Waals surface area contributed by atoms with E-state index >= 15 is 0 Å². The van der Waals surface area contributed by atoms with Gasteiger partial charge in [-0.05, 0) is 36.5 Å². The molecule has 100 valence electrons. The molecule has 2 N–H and O–H groups in total. The molecular weight excluding hydrogens is 242 g/mol. The van der Waals surface area contributed by atoms with Crippen LogP contribution in [0.2, 0.25) is 0 Å². The first-order chi connectivity index (χ1) is 9.26. The summed E-state index contributed by atoms with van der Waals surface area (Å²) < 4.78 is 10.7. The average Bonchev–Trinajstić information content (AvgIpc) is 3.14. The third-order valence-electron chi connectivity index (χ3n) is 3.38. The zero-order valence-electron chi connectivity index (χ0n) is 10.9. The molecule has 1 fully saturated rings. The standard InChI is InChI=1S/C14H17N3O2/c1-18-13(10-4-5-10)14-16-12(19-17-14)8-9-2-6-11(15)7-3-9/h2-3,6-7,10,13H,4-5,8,15H2,1H3. The van der Waals surface area contributed by atoms with Crippen LogP contribution in [-0.2, 0) is 11.2 Å². The summed E-state index contributed by atoms with van der Waals surface area (Å²) in [4.78, 5) is 4.43. The van der Waals surface area contributed by atoms with Gasteiger partial charge in [0.15, 0.2) is 0 Å². The first kappa shape index (κ1) is 12.2. The molecule has 1 unspecified atom stereocenters. The molecule has 3 rings (SSSR count). The van der Waals surface area contributed by atoms with Crippen LogP contribution in [0.3, 0.4) is 0 Å². The maximum absolute atomic E-state index is 5.65. The molecule has 1 aromatic carbocycles. The molecule has 0 amide bonds. The van der Waals surface area contributed by atoms with Gasteiger partial charge >= 0.3 is 0 Å². The molecule has 1 saturated carbocycles. The molecule has 0 spiro atoms. The number of nitrogen functional groups attached to an aromatic ring is 1. The number of hydrogen-bond acceptors (Lipinski definition) is 5. The van der Waals surface area contributed by atoms with Gasteiger partial charge in [-0.2, -0.15) is 4.98 Å². The summed E-state index contributed by atoms with van der Waals surface area (Å²) in [5, 5.41) is 4.03. The van der Waals surface area contributed by atoms with Crippen molar-refractivity contribution in [3.8, 4) is 0 Å². The Kier molecular flexibility index (Phi) is 3.21. The van der Waals surface area contributed by atoms with Crippen LogP contribution in [0, 0.1) is 5.92 Å². The maximum atomic E-state index is 5.65. The van der Waals surface area contributed by atoms with Crippen LogP contribution in [0.1, 0.15) is 36.2 Å². The second-order valence-electron chi connectivity index (χ2n) is 4.96. The third kappa shape index (κ3) is 2.76. The van der Waals surface area contributed by atoms with Crippen LogP contribution in [0.15, 0.2) is 28.8 Å². The van der Waals surface area contributed by atoms with E-state index in [1.807, 2.05) is 24.3 Å². The van der Waals surface area contributed by atoms with Crippen molar-refractivity contribution in [2.24, 2.45) is 5.92 Å². The van der Waals surface area contributed by atoms with Crippen molar-refractivity contribution >= 4 is 5.69 Å². The van der Waals surface area contributed by atoms with E-state index in [1.54, 1.807) is 7.11 Å². The highest BCUT2D eigenvalue weighted by atomic mass is 16.5. The number of nitrogens with two attached hydrogens (primary N) is 1. The highest BCUT2D eigenvalue weighted by molar-refractivity contribution is 5.39. The molecule has 0 aliphatic heterocycles. The highest BCUT2D eigenvalue weighted by Gasteiger charge is 2.35. The fraction of sp³-hybridized carbons (Fsp3) is 0.429. The minimum atomic E-state index is -0.0242. The number of hydrogen-bond donors (Lipinski definition) is 1. The molecule has 0 radical (unpaired) electrons. The molecule has 5 heteroatoms. The van der Waals surface area contributed by atoms with E-state index in [9.17, 15) is 0 Å². The lowest BCUT2D eigenvalue weighted by Gasteiger charge is -2.08. The molecule has 1 heterocycles. The lowest BCUT2D eigenvalue weighted by molar-refractivity contribution is 0.0751. The second kappa shape index (κ2) is 5.01. The van der Waals surface area contributed by atoms with Gasteiger partial charge < -0.3 is 15.0 Å². The molecule has 19 heavy (non-hydrogen) atoms. The summed E-state index contributed by atoms with van der Waals surface area (Å²) in [5.41, 5.74) is 7.51. The van der Waals surface area contributed by atoms with E-state index in [0.29, 0.717) is 24.1 Å². The number of nitrogens with zero attached hydrogens (tertiary/aromatic N) is 2. The first-order valence-electron chi connectivity index (χ1n) is 6.46. The summed E-state index contributed by atoms with van der Waals surface area (Å²) in [6.45, 7) is 0. The van der Waals surface area contributed by atoms with E-state index in [4.69, 9.17) is 15.0 Å². The van der Waals surface area contributed by atoms with E-state index in [0.717, 1.165) is 11.3 Å². The SMILES string of the molecule is COC(c1noc(Cc2ccc(N)cc2)n1)C1CC1. The third-order valence-corrected chi connectivity index (χ3v) is 3.38. The zero-order valence-corrected chi connectivity index (χ0v) is 10.9. The number of benzene rings is 1. The quantitative estimate of drug-likeness (QED) is 0.834. The molecule has 1 atom stereocenters. The molecule has 2 aromatic rings. The monoisotopic (exact) mass is 259 g/mol. The van der Waals surface area contributed by atoms with Crippen molar-refractivity contribution in [2.75, 3.05) is 12.8 Å². The molecule has 0 bridgehead atoms. The molecule has 1 aromatic heterocycles. The Bertz CT molecular complexity index is 546.